The van der Waals surface area contributed by atoms with Crippen molar-refractivity contribution < 1.29 is 0 Å². The van der Waals surface area contributed by atoms with E-state index in [4.69, 9.17) is 21.4 Å². The first-order chi connectivity index (χ1) is 15.1. The highest BCUT2D eigenvalue weighted by Crippen LogP contribution is 2.39. The summed E-state index contributed by atoms with van der Waals surface area (Å²) >= 11 is 0. The predicted molar refractivity (Wildman–Crippen MR) is 126 cm³/mol. The van der Waals surface area contributed by atoms with Gasteiger partial charge in [0.05, 0.1) is 6.54 Å². The molecular weight excluding hydrogens is 384 g/mol. The highest BCUT2D eigenvalue weighted by molar-refractivity contribution is 6.04. The Bertz CT molecular complexity index is 1270. The first-order valence-corrected chi connectivity index (χ1v) is 10.7. The maximum absolute atomic E-state index is 6.45. The van der Waals surface area contributed by atoms with E-state index in [1.54, 1.807) is 6.20 Å². The van der Waals surface area contributed by atoms with Gasteiger partial charge < -0.3 is 11.5 Å². The first kappa shape index (κ1) is 19.3. The lowest BCUT2D eigenvalue weighted by atomic mass is 9.85. The summed E-state index contributed by atoms with van der Waals surface area (Å²) in [5.74, 6) is 2.03. The predicted octanol–water partition coefficient (Wildman–Crippen LogP) is 4.84. The second kappa shape index (κ2) is 7.87. The van der Waals surface area contributed by atoms with Gasteiger partial charge in [-0.2, -0.15) is 0 Å². The zero-order valence-corrected chi connectivity index (χ0v) is 17.6. The van der Waals surface area contributed by atoms with Crippen molar-refractivity contribution in [1.82, 2.24) is 14.4 Å². The van der Waals surface area contributed by atoms with Crippen LogP contribution in [0.5, 0.6) is 0 Å². The minimum Gasteiger partial charge on any atom is -0.398 e. The van der Waals surface area contributed by atoms with E-state index >= 15 is 0 Å². The van der Waals surface area contributed by atoms with Crippen molar-refractivity contribution in [3.63, 3.8) is 0 Å². The number of hydrogen-bond acceptors (Lipinski definition) is 5. The van der Waals surface area contributed by atoms with Gasteiger partial charge in [-0.25, -0.2) is 9.97 Å². The molecule has 6 nitrogen and oxygen atoms in total. The van der Waals surface area contributed by atoms with Crippen LogP contribution >= 0.6 is 0 Å². The van der Waals surface area contributed by atoms with E-state index in [-0.39, 0.29) is 0 Å². The smallest absolute Gasteiger partial charge is 0.150 e. The zero-order chi connectivity index (χ0) is 21.4. The van der Waals surface area contributed by atoms with Gasteiger partial charge in [-0.15, -0.1) is 0 Å². The molecule has 0 radical (unpaired) electrons. The van der Waals surface area contributed by atoms with Crippen molar-refractivity contribution in [3.8, 4) is 11.3 Å². The van der Waals surface area contributed by atoms with Crippen LogP contribution in [0, 0.1) is 0 Å². The minimum absolute atomic E-state index is 0.479. The Morgan fingerprint density at radius 2 is 1.94 bits per heavy atom. The fraction of sp³-hybridized carbons (Fsp3) is 0.240. The number of nitrogens with two attached hydrogens (primary N) is 2. The van der Waals surface area contributed by atoms with Crippen molar-refractivity contribution in [2.24, 2.45) is 4.99 Å². The van der Waals surface area contributed by atoms with Crippen LogP contribution in [-0.4, -0.2) is 20.1 Å². The van der Waals surface area contributed by atoms with Gasteiger partial charge in [-0.05, 0) is 31.4 Å². The first-order valence-electron chi connectivity index (χ1n) is 10.7. The third-order valence-corrected chi connectivity index (χ3v) is 6.14. The second-order valence-corrected chi connectivity index (χ2v) is 8.17. The molecule has 0 saturated heterocycles. The minimum atomic E-state index is 0.479. The van der Waals surface area contributed by atoms with Crippen molar-refractivity contribution in [2.45, 2.75) is 38.6 Å². The van der Waals surface area contributed by atoms with Crippen molar-refractivity contribution in [1.29, 1.82) is 0 Å². The lowest BCUT2D eigenvalue weighted by Crippen LogP contribution is -2.12. The number of benzene rings is 2. The SMILES string of the molecule is CC(=NCc1ccccc1)c1ccc(-c2nc(C3CCC3)n3ccnc(N)c23)cc1N. The number of aromatic nitrogens is 3. The van der Waals surface area contributed by atoms with E-state index in [1.165, 1.54) is 24.8 Å². The number of rotatable bonds is 5. The highest BCUT2D eigenvalue weighted by atomic mass is 15.1. The number of nitrogens with zero attached hydrogens (tertiary/aromatic N) is 4. The monoisotopic (exact) mass is 410 g/mol. The molecule has 4 aromatic rings. The lowest BCUT2D eigenvalue weighted by molar-refractivity contribution is 0.400. The van der Waals surface area contributed by atoms with Crippen molar-refractivity contribution in [2.75, 3.05) is 11.5 Å². The summed E-state index contributed by atoms with van der Waals surface area (Å²) in [6, 6.07) is 16.2. The molecular formula is C25H26N6. The fourth-order valence-electron chi connectivity index (χ4n) is 4.16. The Hall–Kier alpha value is -3.67. The van der Waals surface area contributed by atoms with Crippen LogP contribution in [0.2, 0.25) is 0 Å². The Balaban J connectivity index is 1.51. The van der Waals surface area contributed by atoms with Gasteiger partial charge in [0.2, 0.25) is 0 Å². The van der Waals surface area contributed by atoms with E-state index in [1.807, 2.05) is 49.5 Å². The standard InChI is InChI=1S/C25H26N6/c1-16(29-15-17-6-3-2-4-7-17)20-11-10-19(14-21(20)26)22-23-24(27)28-12-13-31(23)25(30-22)18-8-5-9-18/h2-4,6-7,10-14,18H,5,8-9,15,26H2,1H3,(H2,27,28). The Labute approximate surface area is 181 Å². The maximum Gasteiger partial charge on any atom is 0.150 e. The number of fused-ring (bicyclic) bond motifs is 1. The normalized spacial score (nSPS) is 14.7. The third-order valence-electron chi connectivity index (χ3n) is 6.14. The molecule has 4 N–H and O–H groups in total. The van der Waals surface area contributed by atoms with Crippen LogP contribution in [0.1, 0.15) is 49.1 Å². The van der Waals surface area contributed by atoms with E-state index in [0.717, 1.165) is 33.9 Å². The Kier molecular flexibility index (Phi) is 4.90. The van der Waals surface area contributed by atoms with Gasteiger partial charge in [0.1, 0.15) is 22.9 Å². The van der Waals surface area contributed by atoms with Gasteiger partial charge in [0.25, 0.3) is 0 Å². The topological polar surface area (TPSA) is 94.6 Å². The molecule has 0 amide bonds. The van der Waals surface area contributed by atoms with Crippen LogP contribution in [0.3, 0.4) is 0 Å². The van der Waals surface area contributed by atoms with E-state index < -0.39 is 0 Å². The zero-order valence-electron chi connectivity index (χ0n) is 17.6. The summed E-state index contributed by atoms with van der Waals surface area (Å²) in [5.41, 5.74) is 19.1. The average Bonchev–Trinajstić information content (AvgIpc) is 3.12. The molecule has 1 aliphatic carbocycles. The molecule has 6 heteroatoms. The molecule has 0 spiro atoms. The van der Waals surface area contributed by atoms with Crippen LogP contribution in [0.15, 0.2) is 65.9 Å². The molecule has 0 atom stereocenters. The number of hydrogen-bond donors (Lipinski definition) is 2. The molecule has 1 saturated carbocycles. The molecule has 156 valence electrons. The molecule has 0 unspecified atom stereocenters. The number of anilines is 2. The average molecular weight is 411 g/mol. The molecule has 2 aromatic heterocycles. The summed E-state index contributed by atoms with van der Waals surface area (Å²) in [6.45, 7) is 2.63. The van der Waals surface area contributed by atoms with Gasteiger partial charge in [0, 0.05) is 40.8 Å². The molecule has 5 rings (SSSR count). The second-order valence-electron chi connectivity index (χ2n) is 8.17. The highest BCUT2D eigenvalue weighted by Gasteiger charge is 2.27. The maximum atomic E-state index is 6.45. The molecule has 2 heterocycles. The van der Waals surface area contributed by atoms with Crippen LogP contribution < -0.4 is 11.5 Å². The summed E-state index contributed by atoms with van der Waals surface area (Å²) in [7, 11) is 0. The number of aliphatic imine (C=N–C) groups is 1. The Morgan fingerprint density at radius 3 is 2.65 bits per heavy atom. The molecule has 31 heavy (non-hydrogen) atoms. The Morgan fingerprint density at radius 1 is 1.13 bits per heavy atom. The molecule has 2 aromatic carbocycles. The molecule has 1 aliphatic rings. The number of imidazole rings is 1. The lowest BCUT2D eigenvalue weighted by Gasteiger charge is -2.23. The van der Waals surface area contributed by atoms with Crippen LogP contribution in [0.25, 0.3) is 16.8 Å². The van der Waals surface area contributed by atoms with E-state index in [0.29, 0.717) is 24.0 Å². The summed E-state index contributed by atoms with van der Waals surface area (Å²) in [4.78, 5) is 14.0. The third kappa shape index (κ3) is 3.54. The van der Waals surface area contributed by atoms with Gasteiger partial charge in [-0.3, -0.25) is 9.39 Å². The molecule has 0 aliphatic heterocycles. The van der Waals surface area contributed by atoms with Gasteiger partial charge >= 0.3 is 0 Å². The fourth-order valence-corrected chi connectivity index (χ4v) is 4.16. The molecule has 0 bridgehead atoms. The van der Waals surface area contributed by atoms with E-state index in [2.05, 4.69) is 21.5 Å². The number of nitrogen functional groups attached to an aromatic ring is 2. The summed E-state index contributed by atoms with van der Waals surface area (Å²) in [6.07, 6.45) is 7.27. The molecule has 1 fully saturated rings. The van der Waals surface area contributed by atoms with E-state index in [9.17, 15) is 0 Å². The van der Waals surface area contributed by atoms with Crippen LogP contribution in [-0.2, 0) is 6.54 Å². The van der Waals surface area contributed by atoms with Crippen molar-refractivity contribution >= 4 is 22.7 Å². The quantitative estimate of drug-likeness (QED) is 0.364. The summed E-state index contributed by atoms with van der Waals surface area (Å²) < 4.78 is 2.10. The van der Waals surface area contributed by atoms with Gasteiger partial charge in [0.15, 0.2) is 0 Å². The van der Waals surface area contributed by atoms with Crippen molar-refractivity contribution in [3.05, 3.63) is 77.9 Å². The summed E-state index contributed by atoms with van der Waals surface area (Å²) in [5, 5.41) is 0. The van der Waals surface area contributed by atoms with Crippen LogP contribution in [0.4, 0.5) is 11.5 Å². The van der Waals surface area contributed by atoms with Gasteiger partial charge in [-0.1, -0.05) is 48.9 Å². The largest absolute Gasteiger partial charge is 0.398 e.